The van der Waals surface area contributed by atoms with Gasteiger partial charge in [-0.05, 0) is 23.4 Å². The van der Waals surface area contributed by atoms with Crippen LogP contribution in [-0.4, -0.2) is 39.1 Å². The highest BCUT2D eigenvalue weighted by Gasteiger charge is 2.14. The fourth-order valence-corrected chi connectivity index (χ4v) is 2.20. The first-order valence-electron chi connectivity index (χ1n) is 6.46. The van der Waals surface area contributed by atoms with E-state index in [2.05, 4.69) is 9.47 Å². The minimum absolute atomic E-state index is 0.0898. The summed E-state index contributed by atoms with van der Waals surface area (Å²) in [4.78, 5) is 44.4. The lowest BCUT2D eigenvalue weighted by molar-refractivity contribution is -0.159. The molecule has 0 aromatic carbocycles. The van der Waals surface area contributed by atoms with Gasteiger partial charge in [-0.15, -0.1) is 0 Å². The predicted molar refractivity (Wildman–Crippen MR) is 68.8 cm³/mol. The quantitative estimate of drug-likeness (QED) is 0.376. The summed E-state index contributed by atoms with van der Waals surface area (Å²) in [7, 11) is 0. The Morgan fingerprint density at radius 1 is 0.737 bits per heavy atom. The van der Waals surface area contributed by atoms with Gasteiger partial charge >= 0.3 is 11.9 Å². The monoisotopic (exact) mass is 286 g/mol. The fourth-order valence-electron chi connectivity index (χ4n) is 1.24. The molecule has 6 nitrogen and oxygen atoms in total. The SMILES string of the molecule is CCCC(=O)OC(=O)[CH2][AlH][CH2]C(=O)OC(=O)CCC. The molecule has 0 aliphatic rings. The molecule has 0 amide bonds. The van der Waals surface area contributed by atoms with Crippen molar-refractivity contribution in [3.63, 3.8) is 0 Å². The Morgan fingerprint density at radius 2 is 1.11 bits per heavy atom. The van der Waals surface area contributed by atoms with Crippen LogP contribution >= 0.6 is 0 Å². The topological polar surface area (TPSA) is 86.7 Å². The largest absolute Gasteiger partial charge is 0.394 e. The number of esters is 4. The van der Waals surface area contributed by atoms with E-state index >= 15 is 0 Å². The molecule has 0 saturated heterocycles. The van der Waals surface area contributed by atoms with Gasteiger partial charge in [-0.25, -0.2) is 0 Å². The van der Waals surface area contributed by atoms with E-state index in [1.807, 2.05) is 13.8 Å². The van der Waals surface area contributed by atoms with E-state index in [1.165, 1.54) is 0 Å². The van der Waals surface area contributed by atoms with Crippen LogP contribution in [0, 0.1) is 0 Å². The van der Waals surface area contributed by atoms with E-state index in [0.29, 0.717) is 12.8 Å². The molecule has 0 fully saturated rings. The summed E-state index contributed by atoms with van der Waals surface area (Å²) in [6, 6.07) is 0. The van der Waals surface area contributed by atoms with Gasteiger partial charge in [0.1, 0.15) is 0 Å². The van der Waals surface area contributed by atoms with Gasteiger partial charge in [0.15, 0.2) is 0 Å². The highest BCUT2D eigenvalue weighted by molar-refractivity contribution is 6.45. The van der Waals surface area contributed by atoms with Crippen LogP contribution in [0.1, 0.15) is 39.5 Å². The first kappa shape index (κ1) is 17.8. The molecule has 0 saturated carbocycles. The number of carbonyl (C=O) groups is 4. The molecular weight excluding hydrogens is 267 g/mol. The van der Waals surface area contributed by atoms with Crippen molar-refractivity contribution in [3.05, 3.63) is 0 Å². The minimum Gasteiger partial charge on any atom is -0.394 e. The zero-order valence-electron chi connectivity index (χ0n) is 11.4. The van der Waals surface area contributed by atoms with Crippen LogP contribution in [-0.2, 0) is 28.7 Å². The molecule has 0 aromatic rings. The second-order valence-electron chi connectivity index (χ2n) is 4.05. The average Bonchev–Trinajstić information content (AvgIpc) is 2.28. The molecule has 7 heteroatoms. The lowest BCUT2D eigenvalue weighted by Crippen LogP contribution is -2.17. The van der Waals surface area contributed by atoms with Gasteiger partial charge in [0.25, 0.3) is 27.2 Å². The standard InChI is InChI=1S/2C6H9O3.Al.H/c2*1-3-4-6(8)9-5(2)7;;/h2*2-4H2,1H3;;. The highest BCUT2D eigenvalue weighted by atomic mass is 27.1. The Balaban J connectivity index is 3.72. The smallest absolute Gasteiger partial charge is 0.313 e. The van der Waals surface area contributed by atoms with Crippen molar-refractivity contribution in [1.82, 2.24) is 0 Å². The second kappa shape index (κ2) is 10.7. The first-order valence-corrected chi connectivity index (χ1v) is 8.46. The van der Waals surface area contributed by atoms with Crippen molar-refractivity contribution in [2.24, 2.45) is 0 Å². The normalized spacial score (nSPS) is 9.58. The van der Waals surface area contributed by atoms with E-state index in [1.54, 1.807) is 0 Å². The maximum atomic E-state index is 11.2. The van der Waals surface area contributed by atoms with Gasteiger partial charge in [0, 0.05) is 12.8 Å². The van der Waals surface area contributed by atoms with Crippen molar-refractivity contribution < 1.29 is 28.7 Å². The molecule has 0 bridgehead atoms. The van der Waals surface area contributed by atoms with E-state index < -0.39 is 39.1 Å². The number of ether oxygens (including phenoxy) is 2. The summed E-state index contributed by atoms with van der Waals surface area (Å²) < 4.78 is 9.06. The van der Waals surface area contributed by atoms with Crippen molar-refractivity contribution in [1.29, 1.82) is 0 Å². The van der Waals surface area contributed by atoms with E-state index in [9.17, 15) is 19.2 Å². The second-order valence-corrected chi connectivity index (χ2v) is 5.75. The van der Waals surface area contributed by atoms with Gasteiger partial charge in [-0.2, -0.15) is 0 Å². The Hall–Kier alpha value is -1.19. The summed E-state index contributed by atoms with van der Waals surface area (Å²) in [5.74, 6) is -2.28. The van der Waals surface area contributed by atoms with Gasteiger partial charge in [-0.3, -0.25) is 19.2 Å². The van der Waals surface area contributed by atoms with Gasteiger partial charge in [0.05, 0.1) is 0 Å². The molecule has 0 heterocycles. The average molecular weight is 286 g/mol. The lowest BCUT2D eigenvalue weighted by atomic mass is 10.3. The molecule has 0 aliphatic carbocycles. The number of rotatable bonds is 8. The molecule has 0 unspecified atom stereocenters. The van der Waals surface area contributed by atoms with Crippen LogP contribution in [0.3, 0.4) is 0 Å². The zero-order valence-corrected chi connectivity index (χ0v) is 12.8. The van der Waals surface area contributed by atoms with Crippen molar-refractivity contribution >= 4 is 39.1 Å². The zero-order chi connectivity index (χ0) is 14.7. The van der Waals surface area contributed by atoms with Crippen LogP contribution in [0.2, 0.25) is 10.6 Å². The molecule has 0 spiro atoms. The predicted octanol–water partition coefficient (Wildman–Crippen LogP) is 0.999. The molecule has 0 aliphatic heterocycles. The van der Waals surface area contributed by atoms with Crippen LogP contribution in [0.15, 0.2) is 0 Å². The van der Waals surface area contributed by atoms with Gasteiger partial charge in [0.2, 0.25) is 0 Å². The molecule has 0 atom stereocenters. The third-order valence-electron chi connectivity index (χ3n) is 2.13. The van der Waals surface area contributed by atoms with Gasteiger partial charge in [-0.1, -0.05) is 13.8 Å². The maximum Gasteiger partial charge on any atom is 0.313 e. The van der Waals surface area contributed by atoms with Crippen LogP contribution in [0.5, 0.6) is 0 Å². The first-order chi connectivity index (χ1) is 8.99. The van der Waals surface area contributed by atoms with Crippen molar-refractivity contribution in [3.8, 4) is 0 Å². The van der Waals surface area contributed by atoms with E-state index in [4.69, 9.17) is 0 Å². The molecule has 0 radical (unpaired) electrons. The summed E-state index contributed by atoms with van der Waals surface area (Å²) in [6.07, 6.45) is 1.66. The van der Waals surface area contributed by atoms with Crippen LogP contribution in [0.4, 0.5) is 0 Å². The summed E-state index contributed by atoms with van der Waals surface area (Å²) in [5.41, 5.74) is 0. The Bertz CT molecular complexity index is 307. The lowest BCUT2D eigenvalue weighted by Gasteiger charge is -2.02. The van der Waals surface area contributed by atoms with Crippen molar-refractivity contribution in [2.75, 3.05) is 0 Å². The highest BCUT2D eigenvalue weighted by Crippen LogP contribution is 1.99. The summed E-state index contributed by atoms with van der Waals surface area (Å²) in [5, 5.41) is 0.180. The van der Waals surface area contributed by atoms with Crippen LogP contribution in [0.25, 0.3) is 0 Å². The molecule has 0 N–H and O–H groups in total. The molecule has 0 rings (SSSR count). The minimum atomic E-state index is -1.05. The third-order valence-corrected chi connectivity index (χ3v) is 3.65. The summed E-state index contributed by atoms with van der Waals surface area (Å²) in [6.45, 7) is 3.62. The Morgan fingerprint density at radius 3 is 1.42 bits per heavy atom. The van der Waals surface area contributed by atoms with Crippen molar-refractivity contribution in [2.45, 2.75) is 50.1 Å². The molecular formula is C12H19AlO6. The Labute approximate surface area is 118 Å². The van der Waals surface area contributed by atoms with E-state index in [0.717, 1.165) is 0 Å². The van der Waals surface area contributed by atoms with E-state index in [-0.39, 0.29) is 23.4 Å². The fraction of sp³-hybridized carbons (Fsp3) is 0.667. The van der Waals surface area contributed by atoms with Crippen LogP contribution < -0.4 is 0 Å². The maximum absolute atomic E-state index is 11.2. The number of hydrogen-bond acceptors (Lipinski definition) is 6. The number of hydrogen-bond donors (Lipinski definition) is 0. The number of carbonyl (C=O) groups excluding carboxylic acids is 4. The van der Waals surface area contributed by atoms with Gasteiger partial charge < -0.3 is 9.47 Å². The molecule has 19 heavy (non-hydrogen) atoms. The summed E-state index contributed by atoms with van der Waals surface area (Å²) >= 11 is -1.05. The molecule has 0 aromatic heterocycles. The molecule has 106 valence electrons. The third kappa shape index (κ3) is 10.4. The Kier molecular flexibility index (Phi) is 10.0.